The average Bonchev–Trinajstić information content (AvgIpc) is 3.07. The Morgan fingerprint density at radius 3 is 2.42 bits per heavy atom. The van der Waals surface area contributed by atoms with Gasteiger partial charge < -0.3 is 11.5 Å². The molecule has 0 spiro atoms. The summed E-state index contributed by atoms with van der Waals surface area (Å²) >= 11 is 0. The van der Waals surface area contributed by atoms with Gasteiger partial charge in [0.2, 0.25) is 0 Å². The van der Waals surface area contributed by atoms with Gasteiger partial charge in [-0.3, -0.25) is 0 Å². The van der Waals surface area contributed by atoms with Crippen molar-refractivity contribution < 1.29 is 8.42 Å². The molecule has 6 nitrogen and oxygen atoms in total. The van der Waals surface area contributed by atoms with E-state index < -0.39 is 10.0 Å². The number of fused-ring (bicyclic) bond motifs is 1. The third-order valence-corrected chi connectivity index (χ3v) is 6.92. The lowest BCUT2D eigenvalue weighted by Crippen LogP contribution is -2.19. The van der Waals surface area contributed by atoms with Crippen LogP contribution in [0.25, 0.3) is 11.0 Å². The number of benzene rings is 1. The number of hydrogen-bond acceptors (Lipinski definition) is 5. The van der Waals surface area contributed by atoms with E-state index in [9.17, 15) is 8.42 Å². The summed E-state index contributed by atoms with van der Waals surface area (Å²) < 4.78 is 28.2. The average molecular weight is 370 g/mol. The molecule has 1 aliphatic rings. The molecule has 7 heteroatoms. The summed E-state index contributed by atoms with van der Waals surface area (Å²) in [4.78, 5) is 4.57. The third-order valence-electron chi connectivity index (χ3n) is 5.19. The predicted octanol–water partition coefficient (Wildman–Crippen LogP) is 3.49. The molecule has 4 N–H and O–H groups in total. The van der Waals surface area contributed by atoms with Gasteiger partial charge in [-0.25, -0.2) is 17.4 Å². The zero-order chi connectivity index (χ0) is 18.3. The van der Waals surface area contributed by atoms with Gasteiger partial charge in [-0.1, -0.05) is 37.5 Å². The van der Waals surface area contributed by atoms with E-state index in [0.717, 1.165) is 31.4 Å². The van der Waals surface area contributed by atoms with Gasteiger partial charge in [0.25, 0.3) is 10.0 Å². The van der Waals surface area contributed by atoms with Crippen molar-refractivity contribution in [1.29, 1.82) is 0 Å². The molecule has 0 atom stereocenters. The maximum Gasteiger partial charge on any atom is 0.269 e. The molecular weight excluding hydrogens is 348 g/mol. The molecule has 3 aromatic rings. The van der Waals surface area contributed by atoms with Gasteiger partial charge in [-0.15, -0.1) is 0 Å². The van der Waals surface area contributed by atoms with Gasteiger partial charge in [-0.2, -0.15) is 0 Å². The number of nitrogens with two attached hydrogens (primary N) is 2. The van der Waals surface area contributed by atoms with E-state index >= 15 is 0 Å². The van der Waals surface area contributed by atoms with Crippen LogP contribution in [0.1, 0.15) is 43.7 Å². The molecule has 2 heterocycles. The van der Waals surface area contributed by atoms with Crippen molar-refractivity contribution in [2.24, 2.45) is 0 Å². The Bertz CT molecular complexity index is 1050. The molecule has 136 valence electrons. The Labute approximate surface area is 152 Å². The van der Waals surface area contributed by atoms with Crippen LogP contribution in [0, 0.1) is 0 Å². The quantitative estimate of drug-likeness (QED) is 0.734. The summed E-state index contributed by atoms with van der Waals surface area (Å²) in [6.07, 6.45) is 6.76. The van der Waals surface area contributed by atoms with E-state index in [1.54, 1.807) is 30.3 Å². The molecule has 0 unspecified atom stereocenters. The van der Waals surface area contributed by atoms with E-state index in [2.05, 4.69) is 4.98 Å². The summed E-state index contributed by atoms with van der Waals surface area (Å²) in [6, 6.07) is 10.3. The van der Waals surface area contributed by atoms with Gasteiger partial charge in [0, 0.05) is 17.0 Å². The SMILES string of the molecule is Nc1cnc2c(cc(C3CCCCC3)n2S(=O)(=O)c2ccccc2)c1N. The van der Waals surface area contributed by atoms with Crippen molar-refractivity contribution in [2.75, 3.05) is 11.5 Å². The second kappa shape index (κ2) is 6.32. The molecular formula is C19H22N4O2S. The number of nitrogen functional groups attached to an aromatic ring is 2. The first-order valence-corrected chi connectivity index (χ1v) is 10.3. The van der Waals surface area contributed by atoms with Crippen LogP contribution in [0.15, 0.2) is 47.5 Å². The molecule has 26 heavy (non-hydrogen) atoms. The molecule has 1 fully saturated rings. The number of pyridine rings is 1. The number of aromatic nitrogens is 2. The first kappa shape index (κ1) is 16.9. The predicted molar refractivity (Wildman–Crippen MR) is 103 cm³/mol. The maximum atomic E-state index is 13.4. The molecule has 0 bridgehead atoms. The van der Waals surface area contributed by atoms with E-state index in [1.165, 1.54) is 16.6 Å². The van der Waals surface area contributed by atoms with Gasteiger partial charge in [0.05, 0.1) is 22.5 Å². The van der Waals surface area contributed by atoms with Crippen LogP contribution in [0.3, 0.4) is 0 Å². The lowest BCUT2D eigenvalue weighted by atomic mass is 9.87. The second-order valence-corrected chi connectivity index (χ2v) is 8.64. The van der Waals surface area contributed by atoms with E-state index in [0.29, 0.717) is 22.4 Å². The first-order chi connectivity index (χ1) is 12.5. The minimum Gasteiger partial charge on any atom is -0.396 e. The van der Waals surface area contributed by atoms with E-state index in [4.69, 9.17) is 11.5 Å². The molecule has 0 amide bonds. The van der Waals surface area contributed by atoms with Crippen molar-refractivity contribution in [1.82, 2.24) is 8.96 Å². The fourth-order valence-electron chi connectivity index (χ4n) is 3.81. The minimum absolute atomic E-state index is 0.178. The number of anilines is 2. The minimum atomic E-state index is -3.77. The molecule has 4 rings (SSSR count). The molecule has 0 saturated heterocycles. The maximum absolute atomic E-state index is 13.4. The highest BCUT2D eigenvalue weighted by atomic mass is 32.2. The highest BCUT2D eigenvalue weighted by molar-refractivity contribution is 7.90. The molecule has 0 aliphatic heterocycles. The fourth-order valence-corrected chi connectivity index (χ4v) is 5.38. The topological polar surface area (TPSA) is 104 Å². The van der Waals surface area contributed by atoms with Gasteiger partial charge in [0.15, 0.2) is 5.65 Å². The number of nitrogens with zero attached hydrogens (tertiary/aromatic N) is 2. The van der Waals surface area contributed by atoms with Crippen molar-refractivity contribution in [3.05, 3.63) is 48.3 Å². The molecule has 2 aromatic heterocycles. The van der Waals surface area contributed by atoms with Crippen LogP contribution in [0.4, 0.5) is 11.4 Å². The Morgan fingerprint density at radius 2 is 1.73 bits per heavy atom. The van der Waals surface area contributed by atoms with Crippen LogP contribution in [0.5, 0.6) is 0 Å². The standard InChI is InChI=1S/C19H22N4O2S/c20-16-12-22-19-15(18(16)21)11-17(13-7-3-1-4-8-13)23(19)26(24,25)14-9-5-2-6-10-14/h2,5-6,9-13H,1,3-4,7-8,20H2,(H2,21,22). The molecule has 1 saturated carbocycles. The normalized spacial score (nSPS) is 16.2. The Morgan fingerprint density at radius 1 is 1.04 bits per heavy atom. The van der Waals surface area contributed by atoms with Gasteiger partial charge in [0.1, 0.15) is 0 Å². The smallest absolute Gasteiger partial charge is 0.269 e. The van der Waals surface area contributed by atoms with Crippen LogP contribution >= 0.6 is 0 Å². The largest absolute Gasteiger partial charge is 0.396 e. The van der Waals surface area contributed by atoms with Crippen LogP contribution < -0.4 is 11.5 Å². The highest BCUT2D eigenvalue weighted by Crippen LogP contribution is 2.39. The fraction of sp³-hybridized carbons (Fsp3) is 0.316. The van der Waals surface area contributed by atoms with Crippen LogP contribution in [-0.4, -0.2) is 17.4 Å². The number of rotatable bonds is 3. The number of hydrogen-bond donors (Lipinski definition) is 2. The summed E-state index contributed by atoms with van der Waals surface area (Å²) in [5.74, 6) is 0.178. The lowest BCUT2D eigenvalue weighted by molar-refractivity contribution is 0.434. The van der Waals surface area contributed by atoms with Crippen molar-refractivity contribution in [3.8, 4) is 0 Å². The van der Waals surface area contributed by atoms with Crippen molar-refractivity contribution in [3.63, 3.8) is 0 Å². The van der Waals surface area contributed by atoms with Crippen LogP contribution in [-0.2, 0) is 10.0 Å². The van der Waals surface area contributed by atoms with Gasteiger partial charge >= 0.3 is 0 Å². The molecule has 1 aliphatic carbocycles. The molecule has 0 radical (unpaired) electrons. The third kappa shape index (κ3) is 2.63. The van der Waals surface area contributed by atoms with Crippen molar-refractivity contribution in [2.45, 2.75) is 42.9 Å². The van der Waals surface area contributed by atoms with Crippen LogP contribution in [0.2, 0.25) is 0 Å². The zero-order valence-electron chi connectivity index (χ0n) is 14.4. The monoisotopic (exact) mass is 370 g/mol. The summed E-state index contributed by atoms with van der Waals surface area (Å²) in [5.41, 5.74) is 13.9. The second-order valence-electron chi connectivity index (χ2n) is 6.85. The van der Waals surface area contributed by atoms with E-state index in [1.807, 2.05) is 6.07 Å². The molecule has 1 aromatic carbocycles. The Hall–Kier alpha value is -2.54. The first-order valence-electron chi connectivity index (χ1n) is 8.86. The lowest BCUT2D eigenvalue weighted by Gasteiger charge is -2.23. The van der Waals surface area contributed by atoms with Crippen molar-refractivity contribution >= 4 is 32.4 Å². The summed E-state index contributed by atoms with van der Waals surface area (Å²) in [5, 5.41) is 0.602. The summed E-state index contributed by atoms with van der Waals surface area (Å²) in [6.45, 7) is 0. The Balaban J connectivity index is 2.01. The van der Waals surface area contributed by atoms with Gasteiger partial charge in [-0.05, 0) is 31.0 Å². The zero-order valence-corrected chi connectivity index (χ0v) is 15.2. The summed E-state index contributed by atoms with van der Waals surface area (Å²) in [7, 11) is -3.77. The Kier molecular flexibility index (Phi) is 4.11. The highest BCUT2D eigenvalue weighted by Gasteiger charge is 2.29. The van der Waals surface area contributed by atoms with E-state index in [-0.39, 0.29) is 10.8 Å².